The van der Waals surface area contributed by atoms with Crippen molar-refractivity contribution >= 4 is 6.09 Å². The highest BCUT2D eigenvalue weighted by Crippen LogP contribution is 2.58. The zero-order chi connectivity index (χ0) is 14.5. The van der Waals surface area contributed by atoms with Gasteiger partial charge in [-0.3, -0.25) is 0 Å². The normalized spacial score (nSPS) is 42.6. The lowest BCUT2D eigenvalue weighted by atomic mass is 9.50. The molecule has 0 atom stereocenters. The summed E-state index contributed by atoms with van der Waals surface area (Å²) in [6.07, 6.45) is 5.50. The predicted molar refractivity (Wildman–Crippen MR) is 76.2 cm³/mol. The fourth-order valence-corrected chi connectivity index (χ4v) is 4.82. The molecule has 4 heteroatoms. The molecule has 4 rings (SSSR count). The average molecular weight is 281 g/mol. The van der Waals surface area contributed by atoms with Gasteiger partial charge in [-0.2, -0.15) is 0 Å². The van der Waals surface area contributed by atoms with Crippen LogP contribution in [0.25, 0.3) is 0 Å². The van der Waals surface area contributed by atoms with Crippen molar-refractivity contribution in [1.29, 1.82) is 0 Å². The van der Waals surface area contributed by atoms with Gasteiger partial charge < -0.3 is 15.2 Å². The summed E-state index contributed by atoms with van der Waals surface area (Å²) in [6, 6.07) is 0. The van der Waals surface area contributed by atoms with Crippen molar-refractivity contribution in [2.75, 3.05) is 6.54 Å². The van der Waals surface area contributed by atoms with Gasteiger partial charge in [0.05, 0.1) is 12.1 Å². The number of carbonyl (C=O) groups is 1. The Kier molecular flexibility index (Phi) is 3.27. The van der Waals surface area contributed by atoms with Gasteiger partial charge in [-0.15, -0.1) is 0 Å². The van der Waals surface area contributed by atoms with Crippen LogP contribution in [0.1, 0.15) is 52.9 Å². The van der Waals surface area contributed by atoms with E-state index in [9.17, 15) is 9.90 Å². The van der Waals surface area contributed by atoms with Crippen LogP contribution in [0.4, 0.5) is 4.79 Å². The lowest BCUT2D eigenvalue weighted by Crippen LogP contribution is -2.62. The molecule has 114 valence electrons. The highest BCUT2D eigenvalue weighted by molar-refractivity contribution is 5.67. The lowest BCUT2D eigenvalue weighted by molar-refractivity contribution is -0.169. The number of aliphatic hydroxyl groups is 1. The van der Waals surface area contributed by atoms with E-state index in [2.05, 4.69) is 5.32 Å². The average Bonchev–Trinajstić information content (AvgIpc) is 2.31. The standard InChI is InChI=1S/C16H27NO3/c1-15(2,3)20-14(18)17-9-16(19)12-5-10-4-11(7-12)8-13(16)6-10/h10-13,19H,4-9H2,1-3H3,(H,17,18). The fraction of sp³-hybridized carbons (Fsp3) is 0.938. The first-order valence-corrected chi connectivity index (χ1v) is 7.95. The molecule has 0 aromatic carbocycles. The first kappa shape index (κ1) is 14.2. The molecule has 0 heterocycles. The van der Waals surface area contributed by atoms with Crippen molar-refractivity contribution in [3.63, 3.8) is 0 Å². The molecule has 0 unspecified atom stereocenters. The summed E-state index contributed by atoms with van der Waals surface area (Å²) in [5, 5.41) is 13.9. The zero-order valence-electron chi connectivity index (χ0n) is 12.8. The van der Waals surface area contributed by atoms with Gasteiger partial charge in [-0.05, 0) is 76.5 Å². The van der Waals surface area contributed by atoms with Crippen LogP contribution in [0, 0.1) is 23.7 Å². The third-order valence-electron chi connectivity index (χ3n) is 5.47. The van der Waals surface area contributed by atoms with Crippen LogP contribution in [0.15, 0.2) is 0 Å². The minimum Gasteiger partial charge on any atom is -0.444 e. The first-order chi connectivity index (χ1) is 9.26. The molecule has 0 aliphatic heterocycles. The Labute approximate surface area is 121 Å². The van der Waals surface area contributed by atoms with E-state index in [4.69, 9.17) is 4.74 Å². The summed E-state index contributed by atoms with van der Waals surface area (Å²) >= 11 is 0. The molecule has 4 saturated carbocycles. The van der Waals surface area contributed by atoms with E-state index in [1.165, 1.54) is 6.42 Å². The second kappa shape index (κ2) is 4.62. The highest BCUT2D eigenvalue weighted by atomic mass is 16.6. The molecule has 4 aliphatic rings. The third-order valence-corrected chi connectivity index (χ3v) is 5.47. The Hall–Kier alpha value is -0.770. The van der Waals surface area contributed by atoms with Gasteiger partial charge in [0.25, 0.3) is 0 Å². The van der Waals surface area contributed by atoms with E-state index >= 15 is 0 Å². The molecule has 4 nitrogen and oxygen atoms in total. The Morgan fingerprint density at radius 1 is 1.15 bits per heavy atom. The lowest BCUT2D eigenvalue weighted by Gasteiger charge is -2.58. The monoisotopic (exact) mass is 281 g/mol. The van der Waals surface area contributed by atoms with Gasteiger partial charge in [-0.25, -0.2) is 4.79 Å². The maximum atomic E-state index is 11.8. The van der Waals surface area contributed by atoms with E-state index in [-0.39, 0.29) is 0 Å². The molecule has 0 spiro atoms. The largest absolute Gasteiger partial charge is 0.444 e. The summed E-state index contributed by atoms with van der Waals surface area (Å²) in [6.45, 7) is 5.90. The van der Waals surface area contributed by atoms with Crippen LogP contribution in [0.2, 0.25) is 0 Å². The van der Waals surface area contributed by atoms with Crippen LogP contribution in [0.5, 0.6) is 0 Å². The molecule has 1 amide bonds. The number of carbonyl (C=O) groups excluding carboxylic acids is 1. The van der Waals surface area contributed by atoms with Gasteiger partial charge in [0.15, 0.2) is 0 Å². The number of hydrogen-bond acceptors (Lipinski definition) is 3. The topological polar surface area (TPSA) is 58.6 Å². The van der Waals surface area contributed by atoms with Crippen molar-refractivity contribution in [2.24, 2.45) is 23.7 Å². The molecule has 0 aromatic heterocycles. The summed E-state index contributed by atoms with van der Waals surface area (Å²) < 4.78 is 5.26. The Morgan fingerprint density at radius 2 is 1.65 bits per heavy atom. The summed E-state index contributed by atoms with van der Waals surface area (Å²) in [4.78, 5) is 11.8. The van der Waals surface area contributed by atoms with Crippen LogP contribution in [-0.2, 0) is 4.74 Å². The molecule has 4 fully saturated rings. The summed E-state index contributed by atoms with van der Waals surface area (Å²) in [5.41, 5.74) is -1.19. The maximum absolute atomic E-state index is 11.8. The summed E-state index contributed by atoms with van der Waals surface area (Å²) in [7, 11) is 0. The molecule has 4 bridgehead atoms. The van der Waals surface area contributed by atoms with Crippen LogP contribution >= 0.6 is 0 Å². The zero-order valence-corrected chi connectivity index (χ0v) is 12.8. The van der Waals surface area contributed by atoms with Crippen molar-refractivity contribution in [3.05, 3.63) is 0 Å². The van der Waals surface area contributed by atoms with Gasteiger partial charge in [-0.1, -0.05) is 0 Å². The molecular weight excluding hydrogens is 254 g/mol. The second-order valence-electron chi connectivity index (χ2n) is 8.15. The van der Waals surface area contributed by atoms with Crippen molar-refractivity contribution in [2.45, 2.75) is 64.1 Å². The molecule has 20 heavy (non-hydrogen) atoms. The van der Waals surface area contributed by atoms with Crippen molar-refractivity contribution < 1.29 is 14.6 Å². The number of amides is 1. The van der Waals surface area contributed by atoms with E-state index in [0.717, 1.165) is 37.5 Å². The fourth-order valence-electron chi connectivity index (χ4n) is 4.82. The van der Waals surface area contributed by atoms with Gasteiger partial charge in [0, 0.05) is 0 Å². The molecular formula is C16H27NO3. The quantitative estimate of drug-likeness (QED) is 0.818. The Morgan fingerprint density at radius 3 is 2.10 bits per heavy atom. The molecule has 4 aliphatic carbocycles. The number of nitrogens with one attached hydrogen (secondary N) is 1. The molecule has 0 radical (unpaired) electrons. The number of hydrogen-bond donors (Lipinski definition) is 2. The molecule has 2 N–H and O–H groups in total. The van der Waals surface area contributed by atoms with Crippen LogP contribution in [0.3, 0.4) is 0 Å². The third kappa shape index (κ3) is 2.54. The minimum atomic E-state index is -0.704. The van der Waals surface area contributed by atoms with E-state index in [1.54, 1.807) is 0 Å². The maximum Gasteiger partial charge on any atom is 0.407 e. The molecule has 0 aromatic rings. The second-order valence-corrected chi connectivity index (χ2v) is 8.15. The van der Waals surface area contributed by atoms with E-state index in [0.29, 0.717) is 18.4 Å². The summed E-state index contributed by atoms with van der Waals surface area (Å²) in [5.74, 6) is 2.38. The van der Waals surface area contributed by atoms with Crippen molar-refractivity contribution in [3.8, 4) is 0 Å². The Balaban J connectivity index is 1.61. The number of alkyl carbamates (subject to hydrolysis) is 1. The highest BCUT2D eigenvalue weighted by Gasteiger charge is 2.56. The Bertz CT molecular complexity index is 371. The SMILES string of the molecule is CC(C)(C)OC(=O)NCC1(O)C2CC3CC(C2)CC1C3. The van der Waals surface area contributed by atoms with Gasteiger partial charge >= 0.3 is 6.09 Å². The smallest absolute Gasteiger partial charge is 0.407 e. The molecule has 0 saturated heterocycles. The van der Waals surface area contributed by atoms with Crippen LogP contribution < -0.4 is 5.32 Å². The number of ether oxygens (including phenoxy) is 1. The van der Waals surface area contributed by atoms with E-state index in [1.807, 2.05) is 20.8 Å². The van der Waals surface area contributed by atoms with E-state index < -0.39 is 17.3 Å². The predicted octanol–water partition coefficient (Wildman–Crippen LogP) is 2.70. The first-order valence-electron chi connectivity index (χ1n) is 7.95. The van der Waals surface area contributed by atoms with Crippen molar-refractivity contribution in [1.82, 2.24) is 5.32 Å². The van der Waals surface area contributed by atoms with Gasteiger partial charge in [0.2, 0.25) is 0 Å². The minimum absolute atomic E-state index is 0.344. The van der Waals surface area contributed by atoms with Crippen LogP contribution in [-0.4, -0.2) is 28.9 Å². The number of rotatable bonds is 2. The van der Waals surface area contributed by atoms with Gasteiger partial charge in [0.1, 0.15) is 5.60 Å².